The summed E-state index contributed by atoms with van der Waals surface area (Å²) >= 11 is 1.35. The number of nitrogens with zero attached hydrogens (tertiary/aromatic N) is 3. The van der Waals surface area contributed by atoms with Gasteiger partial charge in [0.05, 0.1) is 26.9 Å². The fraction of sp³-hybridized carbons (Fsp3) is 0. The van der Waals surface area contributed by atoms with Crippen LogP contribution in [0.15, 0.2) is 65.8 Å². The Morgan fingerprint density at radius 2 is 1.89 bits per heavy atom. The minimum absolute atomic E-state index is 0.0912. The third-order valence-electron chi connectivity index (χ3n) is 4.01. The summed E-state index contributed by atoms with van der Waals surface area (Å²) in [5.41, 5.74) is 3.31. The van der Waals surface area contributed by atoms with Gasteiger partial charge in [-0.25, -0.2) is 15.2 Å². The zero-order chi connectivity index (χ0) is 19.5. The molecule has 0 unspecified atom stereocenters. The Bertz CT molecular complexity index is 1230. The SMILES string of the molecule is O=C(N/N=C/c1ccccc1[N+](=O)[O-])Nc1nc2c(ccc3ccccc32)s1. The Kier molecular flexibility index (Phi) is 4.65. The van der Waals surface area contributed by atoms with Crippen LogP contribution in [0.4, 0.5) is 15.6 Å². The minimum atomic E-state index is -0.585. The van der Waals surface area contributed by atoms with E-state index in [1.165, 1.54) is 23.6 Å². The van der Waals surface area contributed by atoms with Crippen LogP contribution in [0, 0.1) is 10.1 Å². The highest BCUT2D eigenvalue weighted by Crippen LogP contribution is 2.31. The van der Waals surface area contributed by atoms with Crippen molar-refractivity contribution in [2.24, 2.45) is 5.10 Å². The molecule has 0 spiro atoms. The summed E-state index contributed by atoms with van der Waals surface area (Å²) in [6.07, 6.45) is 1.23. The molecule has 4 aromatic rings. The van der Waals surface area contributed by atoms with Gasteiger partial charge in [-0.2, -0.15) is 5.10 Å². The molecule has 3 aromatic carbocycles. The molecule has 9 heteroatoms. The van der Waals surface area contributed by atoms with Gasteiger partial charge in [0.15, 0.2) is 5.13 Å². The lowest BCUT2D eigenvalue weighted by atomic mass is 10.1. The van der Waals surface area contributed by atoms with Crippen molar-refractivity contribution in [2.75, 3.05) is 5.32 Å². The van der Waals surface area contributed by atoms with Crippen molar-refractivity contribution < 1.29 is 9.72 Å². The predicted octanol–water partition coefficient (Wildman–Crippen LogP) is 4.51. The number of thiazole rings is 1. The highest BCUT2D eigenvalue weighted by Gasteiger charge is 2.11. The van der Waals surface area contributed by atoms with Crippen molar-refractivity contribution in [3.05, 3.63) is 76.3 Å². The topological polar surface area (TPSA) is 110 Å². The van der Waals surface area contributed by atoms with Crippen LogP contribution in [0.5, 0.6) is 0 Å². The first kappa shape index (κ1) is 17.6. The highest BCUT2D eigenvalue weighted by atomic mass is 32.1. The van der Waals surface area contributed by atoms with E-state index in [1.54, 1.807) is 18.2 Å². The van der Waals surface area contributed by atoms with Crippen LogP contribution in [-0.2, 0) is 0 Å². The van der Waals surface area contributed by atoms with Crippen LogP contribution < -0.4 is 10.7 Å². The molecular formula is C19H13N5O3S. The van der Waals surface area contributed by atoms with Crippen molar-refractivity contribution in [2.45, 2.75) is 0 Å². The van der Waals surface area contributed by atoms with Gasteiger partial charge in [0.2, 0.25) is 0 Å². The molecule has 1 heterocycles. The maximum atomic E-state index is 12.1. The standard InChI is InChI=1S/C19H13N5O3S/c25-18(23-20-11-13-6-2-4-8-15(13)24(26)27)22-19-21-17-14-7-3-1-5-12(14)9-10-16(17)28-19/h1-11H,(H2,21,22,23,25)/b20-11+. The zero-order valence-corrected chi connectivity index (χ0v) is 15.1. The number of carbonyl (C=O) groups is 1. The number of benzene rings is 3. The van der Waals surface area contributed by atoms with E-state index in [9.17, 15) is 14.9 Å². The van der Waals surface area contributed by atoms with Gasteiger partial charge in [-0.1, -0.05) is 53.8 Å². The molecule has 0 aliphatic carbocycles. The number of rotatable bonds is 4. The van der Waals surface area contributed by atoms with E-state index in [0.717, 1.165) is 21.0 Å². The number of anilines is 1. The number of nitrogens with one attached hydrogen (secondary N) is 2. The lowest BCUT2D eigenvalue weighted by molar-refractivity contribution is -0.385. The fourth-order valence-electron chi connectivity index (χ4n) is 2.76. The molecule has 2 N–H and O–H groups in total. The van der Waals surface area contributed by atoms with Gasteiger partial charge in [-0.3, -0.25) is 15.4 Å². The second kappa shape index (κ2) is 7.41. The quantitative estimate of drug-likeness (QED) is 0.303. The summed E-state index contributed by atoms with van der Waals surface area (Å²) in [7, 11) is 0. The van der Waals surface area contributed by atoms with E-state index in [2.05, 4.69) is 20.8 Å². The van der Waals surface area contributed by atoms with Gasteiger partial charge in [-0.15, -0.1) is 0 Å². The number of amides is 2. The lowest BCUT2D eigenvalue weighted by Crippen LogP contribution is -2.24. The summed E-state index contributed by atoms with van der Waals surface area (Å²) in [5.74, 6) is 0. The van der Waals surface area contributed by atoms with E-state index in [4.69, 9.17) is 0 Å². The van der Waals surface area contributed by atoms with Crippen LogP contribution in [0.1, 0.15) is 5.56 Å². The Morgan fingerprint density at radius 1 is 1.11 bits per heavy atom. The van der Waals surface area contributed by atoms with Crippen molar-refractivity contribution in [1.29, 1.82) is 0 Å². The summed E-state index contributed by atoms with van der Waals surface area (Å²) in [5, 5.41) is 19.9. The van der Waals surface area contributed by atoms with E-state index in [1.807, 2.05) is 36.4 Å². The van der Waals surface area contributed by atoms with Crippen LogP contribution in [0.2, 0.25) is 0 Å². The molecule has 8 nitrogen and oxygen atoms in total. The first-order chi connectivity index (χ1) is 13.6. The van der Waals surface area contributed by atoms with E-state index in [0.29, 0.717) is 10.7 Å². The summed E-state index contributed by atoms with van der Waals surface area (Å²) in [6, 6.07) is 17.4. The Morgan fingerprint density at radius 3 is 2.75 bits per heavy atom. The van der Waals surface area contributed by atoms with E-state index in [-0.39, 0.29) is 5.69 Å². The number of hydrazone groups is 1. The molecule has 4 rings (SSSR count). The molecule has 0 aliphatic heterocycles. The van der Waals surface area contributed by atoms with Gasteiger partial charge in [-0.05, 0) is 17.5 Å². The number of nitro benzene ring substituents is 1. The van der Waals surface area contributed by atoms with Crippen molar-refractivity contribution in [3.63, 3.8) is 0 Å². The number of hydrogen-bond acceptors (Lipinski definition) is 6. The first-order valence-electron chi connectivity index (χ1n) is 8.23. The highest BCUT2D eigenvalue weighted by molar-refractivity contribution is 7.22. The van der Waals surface area contributed by atoms with E-state index < -0.39 is 11.0 Å². The molecule has 138 valence electrons. The Balaban J connectivity index is 1.48. The lowest BCUT2D eigenvalue weighted by Gasteiger charge is -2.00. The largest absolute Gasteiger partial charge is 0.341 e. The van der Waals surface area contributed by atoms with Crippen molar-refractivity contribution in [3.8, 4) is 0 Å². The predicted molar refractivity (Wildman–Crippen MR) is 110 cm³/mol. The van der Waals surface area contributed by atoms with Crippen LogP contribution in [-0.4, -0.2) is 22.2 Å². The summed E-state index contributed by atoms with van der Waals surface area (Å²) < 4.78 is 0.956. The second-order valence-electron chi connectivity index (χ2n) is 5.79. The Hall–Kier alpha value is -3.85. The van der Waals surface area contributed by atoms with Crippen molar-refractivity contribution >= 4 is 55.4 Å². The minimum Gasteiger partial charge on any atom is -0.282 e. The molecule has 28 heavy (non-hydrogen) atoms. The number of nitro groups is 1. The normalized spacial score (nSPS) is 11.1. The molecule has 2 amide bonds. The van der Waals surface area contributed by atoms with Gasteiger partial charge >= 0.3 is 6.03 Å². The van der Waals surface area contributed by atoms with Crippen LogP contribution in [0.25, 0.3) is 21.0 Å². The number of para-hydroxylation sites is 1. The Labute approximate surface area is 162 Å². The molecule has 0 atom stereocenters. The maximum absolute atomic E-state index is 12.1. The number of urea groups is 1. The zero-order valence-electron chi connectivity index (χ0n) is 14.3. The summed E-state index contributed by atoms with van der Waals surface area (Å²) in [4.78, 5) is 27.0. The van der Waals surface area contributed by atoms with Gasteiger partial charge < -0.3 is 0 Å². The average molecular weight is 391 g/mol. The molecule has 0 aliphatic rings. The van der Waals surface area contributed by atoms with Crippen molar-refractivity contribution in [1.82, 2.24) is 10.4 Å². The van der Waals surface area contributed by atoms with Gasteiger partial charge in [0.1, 0.15) is 0 Å². The average Bonchev–Trinajstić information content (AvgIpc) is 3.11. The smallest absolute Gasteiger partial charge is 0.282 e. The van der Waals surface area contributed by atoms with E-state index >= 15 is 0 Å². The molecular weight excluding hydrogens is 378 g/mol. The number of carbonyl (C=O) groups excluding carboxylic acids is 1. The monoisotopic (exact) mass is 391 g/mol. The fourth-order valence-corrected chi connectivity index (χ4v) is 3.64. The van der Waals surface area contributed by atoms with Crippen LogP contribution in [0.3, 0.4) is 0 Å². The second-order valence-corrected chi connectivity index (χ2v) is 6.82. The molecule has 0 bridgehead atoms. The third-order valence-corrected chi connectivity index (χ3v) is 4.94. The molecule has 0 radical (unpaired) electrons. The summed E-state index contributed by atoms with van der Waals surface area (Å²) in [6.45, 7) is 0. The molecule has 0 fully saturated rings. The molecule has 0 saturated heterocycles. The third kappa shape index (κ3) is 3.51. The van der Waals surface area contributed by atoms with Crippen LogP contribution >= 0.6 is 11.3 Å². The number of hydrogen-bond donors (Lipinski definition) is 2. The molecule has 0 saturated carbocycles. The number of fused-ring (bicyclic) bond motifs is 3. The first-order valence-corrected chi connectivity index (χ1v) is 9.05. The maximum Gasteiger partial charge on any atom is 0.341 e. The number of aromatic nitrogens is 1. The molecule has 1 aromatic heterocycles. The van der Waals surface area contributed by atoms with Gasteiger partial charge in [0.25, 0.3) is 5.69 Å². The van der Waals surface area contributed by atoms with Gasteiger partial charge in [0, 0.05) is 11.5 Å².